The Morgan fingerprint density at radius 2 is 2.27 bits per heavy atom. The van der Waals surface area contributed by atoms with Crippen LogP contribution in [0.15, 0.2) is 35.7 Å². The summed E-state index contributed by atoms with van der Waals surface area (Å²) in [5.41, 5.74) is 3.54. The molecule has 1 aliphatic rings. The van der Waals surface area contributed by atoms with E-state index in [2.05, 4.69) is 4.98 Å². The summed E-state index contributed by atoms with van der Waals surface area (Å²) in [6, 6.07) is 9.89. The lowest BCUT2D eigenvalue weighted by molar-refractivity contribution is -0.131. The number of carbonyl (C=O) groups is 1. The summed E-state index contributed by atoms with van der Waals surface area (Å²) in [7, 11) is 0. The van der Waals surface area contributed by atoms with Gasteiger partial charge in [0.25, 0.3) is 0 Å². The number of aromatic amines is 1. The quantitative estimate of drug-likeness (QED) is 0.757. The van der Waals surface area contributed by atoms with Crippen LogP contribution in [0.1, 0.15) is 16.1 Å². The van der Waals surface area contributed by atoms with E-state index in [0.29, 0.717) is 13.0 Å². The molecule has 0 spiro atoms. The minimum absolute atomic E-state index is 0.199. The van der Waals surface area contributed by atoms with Gasteiger partial charge in [-0.3, -0.25) is 4.79 Å². The zero-order valence-corrected chi connectivity index (χ0v) is 13.5. The molecule has 0 aliphatic carbocycles. The molecule has 0 atom stereocenters. The molecular weight excluding hydrogens is 316 g/mol. The number of rotatable bonds is 2. The van der Waals surface area contributed by atoms with E-state index in [1.165, 1.54) is 11.3 Å². The lowest BCUT2D eigenvalue weighted by Crippen LogP contribution is -2.36. The van der Waals surface area contributed by atoms with Crippen molar-refractivity contribution in [1.29, 1.82) is 0 Å². The minimum Gasteiger partial charge on any atom is -0.358 e. The predicted octanol–water partition coefficient (Wildman–Crippen LogP) is 4.01. The molecule has 0 saturated heterocycles. The molecule has 1 aromatic carbocycles. The molecule has 3 nitrogen and oxygen atoms in total. The van der Waals surface area contributed by atoms with Crippen molar-refractivity contribution in [3.8, 4) is 0 Å². The summed E-state index contributed by atoms with van der Waals surface area (Å²) in [5.74, 6) is 0.199. The second-order valence-electron chi connectivity index (χ2n) is 5.59. The van der Waals surface area contributed by atoms with Crippen LogP contribution in [0.25, 0.3) is 10.9 Å². The number of benzene rings is 1. The highest BCUT2D eigenvalue weighted by Crippen LogP contribution is 2.30. The van der Waals surface area contributed by atoms with Crippen LogP contribution in [0.2, 0.25) is 5.02 Å². The fraction of sp³-hybridized carbons (Fsp3) is 0.235. The average Bonchev–Trinajstić information content (AvgIpc) is 3.14. The Morgan fingerprint density at radius 3 is 3.09 bits per heavy atom. The molecule has 3 heterocycles. The smallest absolute Gasteiger partial charge is 0.228 e. The fourth-order valence-electron chi connectivity index (χ4n) is 3.07. The Labute approximate surface area is 137 Å². The monoisotopic (exact) mass is 330 g/mol. The first kappa shape index (κ1) is 13.9. The van der Waals surface area contributed by atoms with Gasteiger partial charge in [-0.15, -0.1) is 11.3 Å². The van der Waals surface area contributed by atoms with Gasteiger partial charge in [-0.2, -0.15) is 0 Å². The molecule has 0 radical (unpaired) electrons. The molecule has 0 saturated carbocycles. The number of hydrogen-bond donors (Lipinski definition) is 1. The Balaban J connectivity index is 1.61. The molecule has 3 aromatic rings. The van der Waals surface area contributed by atoms with Crippen LogP contribution in [-0.2, 0) is 24.2 Å². The zero-order valence-electron chi connectivity index (χ0n) is 11.9. The summed E-state index contributed by atoms with van der Waals surface area (Å²) in [4.78, 5) is 19.0. The van der Waals surface area contributed by atoms with Crippen LogP contribution in [0.5, 0.6) is 0 Å². The molecule has 1 amide bonds. The Morgan fingerprint density at radius 1 is 1.36 bits per heavy atom. The Bertz CT molecular complexity index is 838. The van der Waals surface area contributed by atoms with E-state index in [1.807, 2.05) is 40.6 Å². The zero-order chi connectivity index (χ0) is 15.1. The molecule has 0 fully saturated rings. The van der Waals surface area contributed by atoms with Crippen molar-refractivity contribution in [2.24, 2.45) is 0 Å². The summed E-state index contributed by atoms with van der Waals surface area (Å²) < 4.78 is 0. The van der Waals surface area contributed by atoms with E-state index in [0.717, 1.165) is 33.8 Å². The molecule has 1 aliphatic heterocycles. The molecule has 4 rings (SSSR count). The normalized spacial score (nSPS) is 14.3. The van der Waals surface area contributed by atoms with Crippen LogP contribution in [0.3, 0.4) is 0 Å². The van der Waals surface area contributed by atoms with Crippen molar-refractivity contribution >= 4 is 39.7 Å². The third-order valence-electron chi connectivity index (χ3n) is 4.20. The van der Waals surface area contributed by atoms with Gasteiger partial charge >= 0.3 is 0 Å². The molecule has 1 N–H and O–H groups in total. The van der Waals surface area contributed by atoms with Crippen LogP contribution in [0, 0.1) is 0 Å². The molecule has 0 bridgehead atoms. The molecule has 112 valence electrons. The van der Waals surface area contributed by atoms with Crippen molar-refractivity contribution in [3.05, 3.63) is 56.9 Å². The number of H-pyrrole nitrogens is 1. The number of fused-ring (bicyclic) bond motifs is 3. The van der Waals surface area contributed by atoms with Crippen LogP contribution < -0.4 is 0 Å². The Kier molecular flexibility index (Phi) is 3.43. The van der Waals surface area contributed by atoms with Crippen LogP contribution >= 0.6 is 22.9 Å². The maximum Gasteiger partial charge on any atom is 0.228 e. The standard InChI is InChI=1S/C17H15ClN2OS/c18-11-3-4-15-13(8-11)14-10-20(6-5-16(14)19-15)17(21)9-12-2-1-7-22-12/h1-4,7-8,19H,5-6,9-10H2. The van der Waals surface area contributed by atoms with Gasteiger partial charge in [0.2, 0.25) is 5.91 Å². The van der Waals surface area contributed by atoms with Gasteiger partial charge < -0.3 is 9.88 Å². The SMILES string of the molecule is O=C(Cc1cccs1)N1CCc2[nH]c3ccc(Cl)cc3c2C1. The van der Waals surface area contributed by atoms with E-state index >= 15 is 0 Å². The van der Waals surface area contributed by atoms with Crippen molar-refractivity contribution in [1.82, 2.24) is 9.88 Å². The first-order valence-electron chi connectivity index (χ1n) is 7.30. The van der Waals surface area contributed by atoms with Crippen LogP contribution in [-0.4, -0.2) is 22.3 Å². The van der Waals surface area contributed by atoms with Crippen LogP contribution in [0.4, 0.5) is 0 Å². The van der Waals surface area contributed by atoms with E-state index in [9.17, 15) is 4.79 Å². The van der Waals surface area contributed by atoms with E-state index in [1.54, 1.807) is 11.3 Å². The number of aromatic nitrogens is 1. The largest absolute Gasteiger partial charge is 0.358 e. The first-order chi connectivity index (χ1) is 10.7. The van der Waals surface area contributed by atoms with Crippen molar-refractivity contribution in [3.63, 3.8) is 0 Å². The predicted molar refractivity (Wildman–Crippen MR) is 90.5 cm³/mol. The van der Waals surface area contributed by atoms with Gasteiger partial charge in [0.15, 0.2) is 0 Å². The molecule has 0 unspecified atom stereocenters. The van der Waals surface area contributed by atoms with Crippen molar-refractivity contribution < 1.29 is 4.79 Å². The number of nitrogens with zero attached hydrogens (tertiary/aromatic N) is 1. The summed E-state index contributed by atoms with van der Waals surface area (Å²) in [6.07, 6.45) is 1.37. The summed E-state index contributed by atoms with van der Waals surface area (Å²) in [6.45, 7) is 1.44. The van der Waals surface area contributed by atoms with E-state index < -0.39 is 0 Å². The van der Waals surface area contributed by atoms with Gasteiger partial charge in [-0.05, 0) is 29.6 Å². The maximum absolute atomic E-state index is 12.5. The molecule has 5 heteroatoms. The summed E-state index contributed by atoms with van der Waals surface area (Å²) in [5, 5.41) is 3.88. The topological polar surface area (TPSA) is 36.1 Å². The summed E-state index contributed by atoms with van der Waals surface area (Å²) >= 11 is 7.75. The Hall–Kier alpha value is -1.78. The maximum atomic E-state index is 12.5. The lowest BCUT2D eigenvalue weighted by Gasteiger charge is -2.27. The number of nitrogens with one attached hydrogen (secondary N) is 1. The highest BCUT2D eigenvalue weighted by molar-refractivity contribution is 7.10. The van der Waals surface area contributed by atoms with Crippen molar-refractivity contribution in [2.75, 3.05) is 6.54 Å². The van der Waals surface area contributed by atoms with E-state index in [4.69, 9.17) is 11.6 Å². The van der Waals surface area contributed by atoms with Gasteiger partial charge in [-0.1, -0.05) is 17.7 Å². The lowest BCUT2D eigenvalue weighted by atomic mass is 10.0. The number of halogens is 1. The molecule has 22 heavy (non-hydrogen) atoms. The number of hydrogen-bond acceptors (Lipinski definition) is 2. The van der Waals surface area contributed by atoms with Gasteiger partial charge in [0.05, 0.1) is 6.42 Å². The second-order valence-corrected chi connectivity index (χ2v) is 7.06. The van der Waals surface area contributed by atoms with Gasteiger partial charge in [0.1, 0.15) is 0 Å². The third kappa shape index (κ3) is 2.42. The molecular formula is C17H15ClN2OS. The first-order valence-corrected chi connectivity index (χ1v) is 8.55. The third-order valence-corrected chi connectivity index (χ3v) is 5.31. The van der Waals surface area contributed by atoms with Gasteiger partial charge in [0, 0.05) is 51.6 Å². The van der Waals surface area contributed by atoms with Crippen molar-refractivity contribution in [2.45, 2.75) is 19.4 Å². The van der Waals surface area contributed by atoms with E-state index in [-0.39, 0.29) is 5.91 Å². The number of thiophene rings is 1. The fourth-order valence-corrected chi connectivity index (χ4v) is 3.94. The number of amides is 1. The minimum atomic E-state index is 0.199. The second kappa shape index (κ2) is 5.45. The number of carbonyl (C=O) groups excluding carboxylic acids is 1. The average molecular weight is 331 g/mol. The highest BCUT2D eigenvalue weighted by atomic mass is 35.5. The molecule has 2 aromatic heterocycles. The highest BCUT2D eigenvalue weighted by Gasteiger charge is 2.24. The van der Waals surface area contributed by atoms with Gasteiger partial charge in [-0.25, -0.2) is 0 Å².